The molecule has 0 saturated heterocycles. The highest BCUT2D eigenvalue weighted by atomic mass is 79.9. The Morgan fingerprint density at radius 1 is 0.292 bits per heavy atom. The molecule has 18 rings (SSSR count). The van der Waals surface area contributed by atoms with Crippen molar-refractivity contribution in [1.29, 1.82) is 0 Å². The number of aromatic amines is 1. The molecule has 89 heavy (non-hydrogen) atoms. The van der Waals surface area contributed by atoms with Gasteiger partial charge in [-0.15, -0.1) is 0 Å². The fourth-order valence-corrected chi connectivity index (χ4v) is 12.1. The van der Waals surface area contributed by atoms with Crippen LogP contribution in [0, 0.1) is 0 Å². The molecule has 420 valence electrons. The molecule has 1 N–H and O–H groups in total. The Morgan fingerprint density at radius 2 is 0.708 bits per heavy atom. The molecule has 0 aliphatic heterocycles. The predicted molar refractivity (Wildman–Crippen MR) is 380 cm³/mol. The lowest BCUT2D eigenvalue weighted by atomic mass is 9.97. The van der Waals surface area contributed by atoms with Gasteiger partial charge in [-0.05, 0) is 181 Å². The van der Waals surface area contributed by atoms with Gasteiger partial charge in [0, 0.05) is 59.2 Å². The summed E-state index contributed by atoms with van der Waals surface area (Å²) in [5.74, 6) is 0. The van der Waals surface area contributed by atoms with Crippen LogP contribution in [0.1, 0.15) is 48.1 Å². The smallest absolute Gasteiger partial charge is 0.0651 e. The molecule has 17 aromatic rings. The van der Waals surface area contributed by atoms with Gasteiger partial charge in [0.25, 0.3) is 0 Å². The molecule has 0 fully saturated rings. The van der Waals surface area contributed by atoms with Crippen molar-refractivity contribution >= 4 is 81.3 Å². The highest BCUT2D eigenvalue weighted by Crippen LogP contribution is 2.42. The molecule has 0 amide bonds. The van der Waals surface area contributed by atoms with E-state index in [1.54, 1.807) is 45.5 Å². The number of para-hydroxylation sites is 3. The van der Waals surface area contributed by atoms with E-state index >= 15 is 0 Å². The molecule has 0 bridgehead atoms. The van der Waals surface area contributed by atoms with Gasteiger partial charge in [0.2, 0.25) is 0 Å². The van der Waals surface area contributed by atoms with E-state index in [9.17, 15) is 2.74 Å². The van der Waals surface area contributed by atoms with Crippen molar-refractivity contribution in [1.82, 2.24) is 14.1 Å². The monoisotopic (exact) mass is 1230 g/mol. The second kappa shape index (κ2) is 23.0. The zero-order chi connectivity index (χ0) is 82.7. The summed E-state index contributed by atoms with van der Waals surface area (Å²) in [6.07, 6.45) is 1.05. The Kier molecular flexibility index (Phi) is 8.29. The van der Waals surface area contributed by atoms with Gasteiger partial charge >= 0.3 is 0 Å². The van der Waals surface area contributed by atoms with E-state index < -0.39 is 162 Å². The van der Waals surface area contributed by atoms with Crippen molar-refractivity contribution < 1.29 is 37.0 Å². The largest absolute Gasteiger partial charge is 0.355 e. The van der Waals surface area contributed by atoms with Crippen molar-refractivity contribution in [2.24, 2.45) is 0 Å². The van der Waals surface area contributed by atoms with Gasteiger partial charge in [-0.1, -0.05) is 252 Å². The molecule has 0 atom stereocenters. The first-order valence-electron chi connectivity index (χ1n) is 41.7. The fraction of sp³-hybridized carbons (Fsp3) is 0.0118. The SMILES string of the molecule is [2H]c1c([2H])c([2H])c(-c2c([2H])c([2H])c([2H])c(-n3c4ccccc4c4cc(-c5ccc6c(c5)c5ccccc5n6-c5c([2H])c([2H])c([2H])c(-c6c([2H])c([2H])c([2H])c([2H])c6[2H])c5[2H])ccc43)c2[2H])c([2H])c1[2H].[2H]c1c([2H])c([2H])c(-c2c([2H])c([2H])c([2H])c(Br)c2[2H])c([2H])c1[2H].c1ccc2c(c1)Cc1ccc(-c3ccc4[nH]c5ccccc5c4c3)cc1-2. The van der Waals surface area contributed by atoms with Crippen molar-refractivity contribution in [3.8, 4) is 78.1 Å². The summed E-state index contributed by atoms with van der Waals surface area (Å²) in [5.41, 5.74) is 11.8. The third-order valence-electron chi connectivity index (χ3n) is 15.8. The molecule has 14 aromatic carbocycles. The lowest BCUT2D eigenvalue weighted by Gasteiger charge is -2.11. The molecule has 0 spiro atoms. The summed E-state index contributed by atoms with van der Waals surface area (Å²) in [5, 5.41) is 5.35. The number of rotatable bonds is 7. The Morgan fingerprint density at radius 3 is 1.29 bits per heavy atom. The van der Waals surface area contributed by atoms with Gasteiger partial charge in [-0.2, -0.15) is 0 Å². The number of H-pyrrole nitrogens is 1. The predicted octanol–water partition coefficient (Wildman–Crippen LogP) is 23.6. The minimum absolute atomic E-state index is 0.0599. The van der Waals surface area contributed by atoms with E-state index in [1.165, 1.54) is 55.2 Å². The number of nitrogens with zero attached hydrogens (tertiary/aromatic N) is 2. The Balaban J connectivity index is 0.000000169. The summed E-state index contributed by atoms with van der Waals surface area (Å²) in [6, 6.07) is 41.1. The average molecular weight is 1230 g/mol. The molecule has 3 heterocycles. The standard InChI is InChI=1S/C48H32N2.C25H17N.C12H9Br/c1-3-13-33(14-4-1)35-17-11-19-39(29-35)49-45-23-9-7-21-41(45)43-31-37(25-27-47(43)49)38-26-28-48-44(32-38)42-22-8-10-24-46(42)50(48)40-20-12-18-36(30-40)34-15-5-2-6-16-34;1-2-6-20-18(5-1)13-19-10-9-16(14-22(19)20)17-11-12-25-23(15-17)21-7-3-4-8-24(21)26-25;13-12-8-4-7-11(9-12)10-5-2-1-3-6-10/h1-32H;1-12,14-15,26H,13H2;1-9H/i1D,2D,3D,4D,5D,6D,11D,12D,13D,14D,15D,16D,17D,18D,19D,20D,29D,30D;;1D,2D,3D,4D,5D,6D,7D,8D,9D. The highest BCUT2D eigenvalue weighted by Gasteiger charge is 2.20. The molecule has 0 unspecified atom stereocenters. The topological polar surface area (TPSA) is 25.6 Å². The molecular weight excluding hydrogens is 1140 g/mol. The number of fused-ring (bicyclic) bond motifs is 12. The molecule has 3 aromatic heterocycles. The van der Waals surface area contributed by atoms with Crippen molar-refractivity contribution in [2.75, 3.05) is 0 Å². The van der Waals surface area contributed by atoms with Crippen LogP contribution in [-0.4, -0.2) is 14.1 Å². The van der Waals surface area contributed by atoms with Crippen LogP contribution in [0.5, 0.6) is 0 Å². The molecule has 0 radical (unpaired) electrons. The molecule has 1 aliphatic carbocycles. The fourth-order valence-electron chi connectivity index (χ4n) is 11.8. The maximum absolute atomic E-state index is 9.44. The first kappa shape index (κ1) is 32.1. The summed E-state index contributed by atoms with van der Waals surface area (Å²) in [6.45, 7) is 0. The molecule has 0 saturated carbocycles. The van der Waals surface area contributed by atoms with Crippen LogP contribution in [-0.2, 0) is 6.42 Å². The Hall–Kier alpha value is -11.0. The van der Waals surface area contributed by atoms with Crippen molar-refractivity contribution in [3.63, 3.8) is 0 Å². The van der Waals surface area contributed by atoms with E-state index in [2.05, 4.69) is 106 Å². The van der Waals surface area contributed by atoms with Gasteiger partial charge in [-0.25, -0.2) is 0 Å². The van der Waals surface area contributed by atoms with Crippen molar-refractivity contribution in [3.05, 3.63) is 349 Å². The maximum Gasteiger partial charge on any atom is 0.0651 e. The van der Waals surface area contributed by atoms with Gasteiger partial charge < -0.3 is 14.1 Å². The maximum atomic E-state index is 9.44. The second-order valence-corrected chi connectivity index (χ2v) is 21.7. The molecule has 1 aliphatic rings. The zero-order valence-corrected chi connectivity index (χ0v) is 48.2. The molecule has 4 heteroatoms. The van der Waals surface area contributed by atoms with Crippen LogP contribution in [0.25, 0.3) is 144 Å². The van der Waals surface area contributed by atoms with Gasteiger partial charge in [0.1, 0.15) is 0 Å². The Bertz CT molecular complexity index is 6750. The number of aromatic nitrogens is 3. The van der Waals surface area contributed by atoms with Crippen LogP contribution in [0.4, 0.5) is 0 Å². The average Bonchev–Trinajstić information content (AvgIpc) is 1.17. The second-order valence-electron chi connectivity index (χ2n) is 20.9. The summed E-state index contributed by atoms with van der Waals surface area (Å²) >= 11 is 2.98. The van der Waals surface area contributed by atoms with E-state index in [-0.39, 0.29) is 50.2 Å². The van der Waals surface area contributed by atoms with E-state index in [0.29, 0.717) is 43.6 Å². The molecule has 3 nitrogen and oxygen atoms in total. The summed E-state index contributed by atoms with van der Waals surface area (Å²) in [4.78, 5) is 3.51. The molecular formula is C85H58BrN3. The Labute approximate surface area is 563 Å². The quantitative estimate of drug-likeness (QED) is 0.165. The summed E-state index contributed by atoms with van der Waals surface area (Å²) < 4.78 is 229. The minimum atomic E-state index is -0.664. The number of halogens is 1. The third-order valence-corrected chi connectivity index (χ3v) is 16.2. The van der Waals surface area contributed by atoms with E-state index in [0.717, 1.165) is 17.5 Å². The van der Waals surface area contributed by atoms with Gasteiger partial charge in [0.15, 0.2) is 0 Å². The van der Waals surface area contributed by atoms with Crippen LogP contribution < -0.4 is 0 Å². The summed E-state index contributed by atoms with van der Waals surface area (Å²) in [7, 11) is 0. The van der Waals surface area contributed by atoms with Crippen LogP contribution in [0.3, 0.4) is 0 Å². The first-order chi connectivity index (χ1) is 55.3. The lowest BCUT2D eigenvalue weighted by Crippen LogP contribution is -1.94. The van der Waals surface area contributed by atoms with Gasteiger partial charge in [-0.3, -0.25) is 0 Å². The highest BCUT2D eigenvalue weighted by molar-refractivity contribution is 9.10. The van der Waals surface area contributed by atoms with Crippen LogP contribution in [0.15, 0.2) is 337 Å². The number of hydrogen-bond acceptors (Lipinski definition) is 0. The first-order valence-corrected chi connectivity index (χ1v) is 29.0. The van der Waals surface area contributed by atoms with E-state index in [4.69, 9.17) is 34.3 Å². The third kappa shape index (κ3) is 10.1. The zero-order valence-electron chi connectivity index (χ0n) is 73.6. The number of benzene rings is 14. The van der Waals surface area contributed by atoms with E-state index in [1.807, 2.05) is 48.5 Å². The van der Waals surface area contributed by atoms with Crippen molar-refractivity contribution in [2.45, 2.75) is 6.42 Å². The van der Waals surface area contributed by atoms with Crippen LogP contribution in [0.2, 0.25) is 0 Å². The number of nitrogens with one attached hydrogen (secondary N) is 1. The normalized spacial score (nSPS) is 15.9. The van der Waals surface area contributed by atoms with Crippen LogP contribution >= 0.6 is 15.9 Å². The minimum Gasteiger partial charge on any atom is -0.355 e. The van der Waals surface area contributed by atoms with Gasteiger partial charge in [0.05, 0.1) is 59.1 Å². The lowest BCUT2D eigenvalue weighted by molar-refractivity contribution is 1.18. The number of hydrogen-bond donors (Lipinski definition) is 1.